The lowest BCUT2D eigenvalue weighted by Crippen LogP contribution is -2.52. The molecule has 1 amide bonds. The number of sulfonamides is 1. The van der Waals surface area contributed by atoms with Crippen molar-refractivity contribution in [2.45, 2.75) is 45.6 Å². The highest BCUT2D eigenvalue weighted by Gasteiger charge is 2.30. The van der Waals surface area contributed by atoms with Crippen LogP contribution in [0, 0.1) is 19.8 Å². The molecule has 26 heavy (non-hydrogen) atoms. The lowest BCUT2D eigenvalue weighted by atomic mass is 10.1. The number of nitrogens with one attached hydrogen (secondary N) is 1. The van der Waals surface area contributed by atoms with Crippen molar-refractivity contribution in [3.63, 3.8) is 0 Å². The third kappa shape index (κ3) is 5.05. The molecular formula is C19H31N3O3S. The van der Waals surface area contributed by atoms with Crippen LogP contribution in [0.5, 0.6) is 0 Å². The van der Waals surface area contributed by atoms with Crippen molar-refractivity contribution in [2.24, 2.45) is 5.92 Å². The highest BCUT2D eigenvalue weighted by atomic mass is 32.2. The van der Waals surface area contributed by atoms with E-state index < -0.39 is 10.0 Å². The fraction of sp³-hybridized carbons (Fsp3) is 0.632. The summed E-state index contributed by atoms with van der Waals surface area (Å²) in [6.07, 6.45) is 0. The van der Waals surface area contributed by atoms with E-state index in [4.69, 9.17) is 0 Å². The lowest BCUT2D eigenvalue weighted by Gasteiger charge is -2.34. The average molecular weight is 382 g/mol. The highest BCUT2D eigenvalue weighted by molar-refractivity contribution is 7.89. The molecule has 7 heteroatoms. The first-order chi connectivity index (χ1) is 12.1. The predicted molar refractivity (Wildman–Crippen MR) is 104 cm³/mol. The molecule has 1 heterocycles. The Morgan fingerprint density at radius 1 is 1.12 bits per heavy atom. The Morgan fingerprint density at radius 2 is 1.73 bits per heavy atom. The summed E-state index contributed by atoms with van der Waals surface area (Å²) in [5.74, 6) is 0.385. The van der Waals surface area contributed by atoms with E-state index in [0.717, 1.165) is 11.1 Å². The molecule has 0 aromatic heterocycles. The molecule has 0 spiro atoms. The molecule has 0 radical (unpaired) electrons. The summed E-state index contributed by atoms with van der Waals surface area (Å²) < 4.78 is 27.4. The van der Waals surface area contributed by atoms with E-state index in [-0.39, 0.29) is 11.9 Å². The van der Waals surface area contributed by atoms with Gasteiger partial charge in [0, 0.05) is 32.2 Å². The van der Waals surface area contributed by atoms with Crippen molar-refractivity contribution < 1.29 is 13.2 Å². The van der Waals surface area contributed by atoms with Gasteiger partial charge < -0.3 is 5.32 Å². The van der Waals surface area contributed by atoms with Crippen molar-refractivity contribution in [1.29, 1.82) is 0 Å². The molecule has 6 nitrogen and oxygen atoms in total. The lowest BCUT2D eigenvalue weighted by molar-refractivity contribution is -0.123. The molecular weight excluding hydrogens is 350 g/mol. The largest absolute Gasteiger partial charge is 0.352 e. The van der Waals surface area contributed by atoms with Gasteiger partial charge >= 0.3 is 0 Å². The van der Waals surface area contributed by atoms with Gasteiger partial charge in [-0.05, 0) is 43.9 Å². The first-order valence-corrected chi connectivity index (χ1v) is 10.6. The molecule has 1 N–H and O–H groups in total. The fourth-order valence-corrected chi connectivity index (χ4v) is 4.65. The van der Waals surface area contributed by atoms with Crippen LogP contribution in [0.1, 0.15) is 31.9 Å². The quantitative estimate of drug-likeness (QED) is 0.815. The number of hydrogen-bond donors (Lipinski definition) is 1. The summed E-state index contributed by atoms with van der Waals surface area (Å²) in [5.41, 5.74) is 1.70. The third-order valence-corrected chi connectivity index (χ3v) is 7.09. The van der Waals surface area contributed by atoms with E-state index in [1.807, 2.05) is 37.8 Å². The number of hydrogen-bond acceptors (Lipinski definition) is 4. The van der Waals surface area contributed by atoms with Gasteiger partial charge in [0.1, 0.15) is 0 Å². The molecule has 1 aromatic carbocycles. The summed E-state index contributed by atoms with van der Waals surface area (Å²) in [7, 11) is -3.49. The van der Waals surface area contributed by atoms with Gasteiger partial charge in [0.2, 0.25) is 15.9 Å². The van der Waals surface area contributed by atoms with E-state index in [2.05, 4.69) is 19.2 Å². The molecule has 1 aromatic rings. The maximum atomic E-state index is 12.9. The van der Waals surface area contributed by atoms with Crippen LogP contribution >= 0.6 is 0 Å². The van der Waals surface area contributed by atoms with Crippen LogP contribution in [0.4, 0.5) is 0 Å². The number of carbonyl (C=O) groups excluding carboxylic acids is 1. The van der Waals surface area contributed by atoms with Gasteiger partial charge in [-0.2, -0.15) is 4.31 Å². The summed E-state index contributed by atoms with van der Waals surface area (Å²) in [4.78, 5) is 14.5. The van der Waals surface area contributed by atoms with E-state index in [0.29, 0.717) is 43.5 Å². The zero-order valence-corrected chi connectivity index (χ0v) is 17.3. The minimum Gasteiger partial charge on any atom is -0.352 e. The number of aryl methyl sites for hydroxylation is 2. The Balaban J connectivity index is 1.95. The van der Waals surface area contributed by atoms with Crippen molar-refractivity contribution in [1.82, 2.24) is 14.5 Å². The highest BCUT2D eigenvalue weighted by Crippen LogP contribution is 2.22. The first-order valence-electron chi connectivity index (χ1n) is 9.20. The van der Waals surface area contributed by atoms with Crippen LogP contribution < -0.4 is 5.32 Å². The third-order valence-electron chi connectivity index (χ3n) is 5.05. The molecule has 0 unspecified atom stereocenters. The van der Waals surface area contributed by atoms with Crippen LogP contribution in [0.2, 0.25) is 0 Å². The topological polar surface area (TPSA) is 69.7 Å². The number of piperazine rings is 1. The molecule has 0 saturated carbocycles. The molecule has 1 aliphatic heterocycles. The molecule has 1 atom stereocenters. The number of benzene rings is 1. The summed E-state index contributed by atoms with van der Waals surface area (Å²) in [6, 6.07) is 5.63. The van der Waals surface area contributed by atoms with Crippen molar-refractivity contribution in [2.75, 3.05) is 32.7 Å². The first kappa shape index (κ1) is 20.9. The Kier molecular flexibility index (Phi) is 6.82. The average Bonchev–Trinajstić information content (AvgIpc) is 2.57. The predicted octanol–water partition coefficient (Wildman–Crippen LogP) is 1.77. The van der Waals surface area contributed by atoms with Gasteiger partial charge in [-0.3, -0.25) is 9.69 Å². The van der Waals surface area contributed by atoms with Crippen LogP contribution in [0.15, 0.2) is 23.1 Å². The Bertz CT molecular complexity index is 738. The molecule has 1 fully saturated rings. The Hall–Kier alpha value is -1.44. The monoisotopic (exact) mass is 381 g/mol. The van der Waals surface area contributed by atoms with E-state index in [1.165, 1.54) is 4.31 Å². The van der Waals surface area contributed by atoms with Crippen LogP contribution in [-0.2, 0) is 14.8 Å². The van der Waals surface area contributed by atoms with Gasteiger partial charge in [0.25, 0.3) is 0 Å². The van der Waals surface area contributed by atoms with Crippen molar-refractivity contribution in [3.05, 3.63) is 29.3 Å². The van der Waals surface area contributed by atoms with Crippen LogP contribution in [0.25, 0.3) is 0 Å². The summed E-state index contributed by atoms with van der Waals surface area (Å²) in [6.45, 7) is 12.1. The van der Waals surface area contributed by atoms with E-state index >= 15 is 0 Å². The smallest absolute Gasteiger partial charge is 0.243 e. The van der Waals surface area contributed by atoms with Crippen LogP contribution in [-0.4, -0.2) is 62.3 Å². The summed E-state index contributed by atoms with van der Waals surface area (Å²) >= 11 is 0. The normalized spacial score (nSPS) is 18.1. The van der Waals surface area contributed by atoms with Gasteiger partial charge in [-0.1, -0.05) is 26.0 Å². The SMILES string of the molecule is Cc1ccc(C)c(S(=O)(=O)N2CCN(CC(=O)N[C@H](C)C(C)C)CC2)c1. The molecule has 146 valence electrons. The maximum absolute atomic E-state index is 12.9. The molecule has 1 aliphatic rings. The zero-order valence-electron chi connectivity index (χ0n) is 16.4. The van der Waals surface area contributed by atoms with Crippen molar-refractivity contribution in [3.8, 4) is 0 Å². The Labute approximate surface area is 157 Å². The fourth-order valence-electron chi connectivity index (χ4n) is 2.92. The van der Waals surface area contributed by atoms with Crippen LogP contribution in [0.3, 0.4) is 0 Å². The molecule has 2 rings (SSSR count). The second kappa shape index (κ2) is 8.50. The minimum absolute atomic E-state index is 0.00274. The number of carbonyl (C=O) groups is 1. The standard InChI is InChI=1S/C19H31N3O3S/c1-14(2)17(5)20-19(23)13-21-8-10-22(11-9-21)26(24,25)18-12-15(3)6-7-16(18)4/h6-7,12,14,17H,8-11,13H2,1-5H3,(H,20,23)/t17-/m1/s1. The second-order valence-corrected chi connectivity index (χ2v) is 9.46. The van der Waals surface area contributed by atoms with Crippen molar-refractivity contribution >= 4 is 15.9 Å². The summed E-state index contributed by atoms with van der Waals surface area (Å²) in [5, 5.41) is 3.00. The van der Waals surface area contributed by atoms with Gasteiger partial charge in [-0.15, -0.1) is 0 Å². The number of nitrogens with zero attached hydrogens (tertiary/aromatic N) is 2. The minimum atomic E-state index is -3.49. The van der Waals surface area contributed by atoms with Gasteiger partial charge in [0.15, 0.2) is 0 Å². The maximum Gasteiger partial charge on any atom is 0.243 e. The number of amides is 1. The zero-order chi connectivity index (χ0) is 19.5. The van der Waals surface area contributed by atoms with Gasteiger partial charge in [-0.25, -0.2) is 8.42 Å². The molecule has 1 saturated heterocycles. The van der Waals surface area contributed by atoms with E-state index in [1.54, 1.807) is 6.07 Å². The molecule has 0 aliphatic carbocycles. The Morgan fingerprint density at radius 3 is 2.31 bits per heavy atom. The second-order valence-electron chi connectivity index (χ2n) is 7.55. The number of rotatable bonds is 6. The molecule has 0 bridgehead atoms. The van der Waals surface area contributed by atoms with Gasteiger partial charge in [0.05, 0.1) is 11.4 Å². The van der Waals surface area contributed by atoms with E-state index in [9.17, 15) is 13.2 Å².